The van der Waals surface area contributed by atoms with E-state index in [1.807, 2.05) is 11.3 Å². The Labute approximate surface area is 97.1 Å². The van der Waals surface area contributed by atoms with Gasteiger partial charge in [-0.1, -0.05) is 20.3 Å². The quantitative estimate of drug-likeness (QED) is 0.832. The average Bonchev–Trinajstić information content (AvgIpc) is 2.48. The summed E-state index contributed by atoms with van der Waals surface area (Å²) < 4.78 is 0. The predicted molar refractivity (Wildman–Crippen MR) is 67.5 cm³/mol. The maximum Gasteiger partial charge on any atom is 0.113 e. The molecule has 1 atom stereocenters. The van der Waals surface area contributed by atoms with Crippen LogP contribution in [0.1, 0.15) is 49.2 Å². The lowest BCUT2D eigenvalue weighted by atomic mass is 9.97. The van der Waals surface area contributed by atoms with Crippen LogP contribution in [-0.2, 0) is 5.54 Å². The van der Waals surface area contributed by atoms with Crippen molar-refractivity contribution in [1.29, 1.82) is 0 Å². The second-order valence-corrected chi connectivity index (χ2v) is 5.48. The molecule has 0 spiro atoms. The number of nitrogens with zero attached hydrogens (tertiary/aromatic N) is 1. The summed E-state index contributed by atoms with van der Waals surface area (Å²) >= 11 is 1.83. The molecular formula is C12H22N2S. The van der Waals surface area contributed by atoms with Gasteiger partial charge in [-0.15, -0.1) is 11.3 Å². The van der Waals surface area contributed by atoms with Crippen LogP contribution in [0.2, 0.25) is 0 Å². The van der Waals surface area contributed by atoms with Gasteiger partial charge in [-0.3, -0.25) is 0 Å². The van der Waals surface area contributed by atoms with Gasteiger partial charge in [0.2, 0.25) is 0 Å². The lowest BCUT2D eigenvalue weighted by Crippen LogP contribution is -2.39. The van der Waals surface area contributed by atoms with Crippen LogP contribution in [0, 0.1) is 13.8 Å². The van der Waals surface area contributed by atoms with Gasteiger partial charge in [0.1, 0.15) is 5.01 Å². The van der Waals surface area contributed by atoms with Crippen molar-refractivity contribution in [2.75, 3.05) is 6.54 Å². The Hall–Kier alpha value is -0.410. The van der Waals surface area contributed by atoms with E-state index < -0.39 is 0 Å². The van der Waals surface area contributed by atoms with E-state index in [-0.39, 0.29) is 5.54 Å². The first kappa shape index (κ1) is 12.7. The zero-order chi connectivity index (χ0) is 11.5. The number of hydrogen-bond donors (Lipinski definition) is 1. The summed E-state index contributed by atoms with van der Waals surface area (Å²) in [4.78, 5) is 6.01. The molecule has 0 aliphatic rings. The van der Waals surface area contributed by atoms with Crippen molar-refractivity contribution in [1.82, 2.24) is 10.3 Å². The monoisotopic (exact) mass is 226 g/mol. The van der Waals surface area contributed by atoms with Gasteiger partial charge in [0, 0.05) is 4.88 Å². The number of thiazole rings is 1. The molecule has 0 saturated heterocycles. The van der Waals surface area contributed by atoms with Gasteiger partial charge >= 0.3 is 0 Å². The highest BCUT2D eigenvalue weighted by Crippen LogP contribution is 2.31. The van der Waals surface area contributed by atoms with E-state index in [9.17, 15) is 0 Å². The summed E-state index contributed by atoms with van der Waals surface area (Å²) in [5.41, 5.74) is 1.24. The van der Waals surface area contributed by atoms with Gasteiger partial charge in [-0.25, -0.2) is 4.98 Å². The van der Waals surface area contributed by atoms with E-state index in [0.717, 1.165) is 13.0 Å². The molecule has 1 aromatic rings. The zero-order valence-corrected chi connectivity index (χ0v) is 11.3. The van der Waals surface area contributed by atoms with E-state index in [1.165, 1.54) is 22.0 Å². The van der Waals surface area contributed by atoms with E-state index in [2.05, 4.69) is 44.9 Å². The Morgan fingerprint density at radius 3 is 2.40 bits per heavy atom. The summed E-state index contributed by atoms with van der Waals surface area (Å²) in [6.07, 6.45) is 2.33. The molecule has 1 unspecified atom stereocenters. The third kappa shape index (κ3) is 2.79. The van der Waals surface area contributed by atoms with Gasteiger partial charge in [0.05, 0.1) is 11.2 Å². The maximum atomic E-state index is 4.68. The molecule has 0 aromatic carbocycles. The van der Waals surface area contributed by atoms with Crippen molar-refractivity contribution in [2.45, 2.75) is 53.0 Å². The van der Waals surface area contributed by atoms with Crippen LogP contribution in [0.25, 0.3) is 0 Å². The summed E-state index contributed by atoms with van der Waals surface area (Å²) in [5, 5.41) is 4.80. The van der Waals surface area contributed by atoms with Gasteiger partial charge in [-0.2, -0.15) is 0 Å². The predicted octanol–water partition coefficient (Wildman–Crippen LogP) is 3.38. The topological polar surface area (TPSA) is 24.9 Å². The standard InChI is InChI=1S/C12H22N2S/c1-6-8-12(5,13-7-2)11-14-9(3)10(4)15-11/h13H,6-8H2,1-5H3. The molecule has 2 nitrogen and oxygen atoms in total. The van der Waals surface area contributed by atoms with Crippen LogP contribution in [0.15, 0.2) is 0 Å². The first-order chi connectivity index (χ1) is 7.03. The third-order valence-electron chi connectivity index (χ3n) is 2.82. The number of aromatic nitrogens is 1. The van der Waals surface area contributed by atoms with Crippen molar-refractivity contribution >= 4 is 11.3 Å². The van der Waals surface area contributed by atoms with Crippen molar-refractivity contribution in [3.63, 3.8) is 0 Å². The van der Waals surface area contributed by atoms with Crippen molar-refractivity contribution < 1.29 is 0 Å². The first-order valence-electron chi connectivity index (χ1n) is 5.73. The number of aryl methyl sites for hydroxylation is 2. The Balaban J connectivity index is 2.97. The first-order valence-corrected chi connectivity index (χ1v) is 6.54. The van der Waals surface area contributed by atoms with Crippen LogP contribution < -0.4 is 5.32 Å². The molecule has 15 heavy (non-hydrogen) atoms. The minimum Gasteiger partial charge on any atom is -0.306 e. The minimum absolute atomic E-state index is 0.0627. The van der Waals surface area contributed by atoms with Gasteiger partial charge < -0.3 is 5.32 Å². The van der Waals surface area contributed by atoms with Crippen LogP contribution >= 0.6 is 11.3 Å². The molecule has 0 aliphatic heterocycles. The smallest absolute Gasteiger partial charge is 0.113 e. The molecule has 1 rings (SSSR count). The third-order valence-corrected chi connectivity index (χ3v) is 4.15. The van der Waals surface area contributed by atoms with Gasteiger partial charge in [0.25, 0.3) is 0 Å². The average molecular weight is 226 g/mol. The SMILES string of the molecule is CCCC(C)(NCC)c1nc(C)c(C)s1. The van der Waals surface area contributed by atoms with E-state index in [0.29, 0.717) is 0 Å². The highest BCUT2D eigenvalue weighted by Gasteiger charge is 2.28. The largest absolute Gasteiger partial charge is 0.306 e. The van der Waals surface area contributed by atoms with E-state index in [1.54, 1.807) is 0 Å². The number of nitrogens with one attached hydrogen (secondary N) is 1. The fourth-order valence-corrected chi connectivity index (χ4v) is 2.94. The minimum atomic E-state index is 0.0627. The molecule has 1 aromatic heterocycles. The fraction of sp³-hybridized carbons (Fsp3) is 0.750. The molecule has 1 N–H and O–H groups in total. The molecule has 0 amide bonds. The second-order valence-electron chi connectivity index (χ2n) is 4.27. The van der Waals surface area contributed by atoms with Crippen LogP contribution in [0.3, 0.4) is 0 Å². The second kappa shape index (κ2) is 5.08. The molecule has 1 heterocycles. The van der Waals surface area contributed by atoms with E-state index >= 15 is 0 Å². The molecular weight excluding hydrogens is 204 g/mol. The number of hydrogen-bond acceptors (Lipinski definition) is 3. The molecule has 0 bridgehead atoms. The lowest BCUT2D eigenvalue weighted by Gasteiger charge is -2.28. The van der Waals surface area contributed by atoms with Crippen LogP contribution in [0.5, 0.6) is 0 Å². The van der Waals surface area contributed by atoms with Crippen molar-refractivity contribution in [3.8, 4) is 0 Å². The summed E-state index contributed by atoms with van der Waals surface area (Å²) in [7, 11) is 0. The van der Waals surface area contributed by atoms with E-state index in [4.69, 9.17) is 0 Å². The summed E-state index contributed by atoms with van der Waals surface area (Å²) in [6.45, 7) is 11.9. The molecule has 0 aliphatic carbocycles. The van der Waals surface area contributed by atoms with Crippen molar-refractivity contribution in [2.24, 2.45) is 0 Å². The lowest BCUT2D eigenvalue weighted by molar-refractivity contribution is 0.343. The number of rotatable bonds is 5. The molecule has 0 fully saturated rings. The highest BCUT2D eigenvalue weighted by atomic mass is 32.1. The summed E-state index contributed by atoms with van der Waals surface area (Å²) in [5.74, 6) is 0. The molecule has 86 valence electrons. The molecule has 0 saturated carbocycles. The Kier molecular flexibility index (Phi) is 4.29. The Morgan fingerprint density at radius 1 is 1.33 bits per heavy atom. The van der Waals surface area contributed by atoms with Gasteiger partial charge in [-0.05, 0) is 33.7 Å². The van der Waals surface area contributed by atoms with Gasteiger partial charge in [0.15, 0.2) is 0 Å². The summed E-state index contributed by atoms with van der Waals surface area (Å²) in [6, 6.07) is 0. The molecule has 0 radical (unpaired) electrons. The Bertz CT molecular complexity index is 292. The maximum absolute atomic E-state index is 4.68. The fourth-order valence-electron chi connectivity index (χ4n) is 1.87. The van der Waals surface area contributed by atoms with Crippen molar-refractivity contribution in [3.05, 3.63) is 15.6 Å². The van der Waals surface area contributed by atoms with Crippen LogP contribution in [0.4, 0.5) is 0 Å². The normalized spacial score (nSPS) is 15.3. The Morgan fingerprint density at radius 2 is 2.00 bits per heavy atom. The highest BCUT2D eigenvalue weighted by molar-refractivity contribution is 7.11. The van der Waals surface area contributed by atoms with Crippen LogP contribution in [-0.4, -0.2) is 11.5 Å². The molecule has 3 heteroatoms. The zero-order valence-electron chi connectivity index (χ0n) is 10.5.